The van der Waals surface area contributed by atoms with Crippen molar-refractivity contribution < 1.29 is 9.59 Å². The Labute approximate surface area is 177 Å². The first kappa shape index (κ1) is 21.5. The molecule has 2 amide bonds. The van der Waals surface area contributed by atoms with Crippen molar-refractivity contribution in [3.8, 4) is 0 Å². The van der Waals surface area contributed by atoms with E-state index in [9.17, 15) is 9.59 Å². The normalized spacial score (nSPS) is 16.3. The number of benzene rings is 1. The van der Waals surface area contributed by atoms with Crippen molar-refractivity contribution in [3.63, 3.8) is 0 Å². The van der Waals surface area contributed by atoms with E-state index in [0.717, 1.165) is 36.0 Å². The van der Waals surface area contributed by atoms with Crippen molar-refractivity contribution in [1.82, 2.24) is 15.5 Å². The maximum Gasteiger partial charge on any atom is 0.222 e. The maximum atomic E-state index is 12.6. The van der Waals surface area contributed by atoms with Crippen LogP contribution in [0.3, 0.4) is 0 Å². The molecule has 0 saturated carbocycles. The Balaban J connectivity index is 1.56. The lowest BCUT2D eigenvalue weighted by atomic mass is 9.98. The second-order valence-corrected chi connectivity index (χ2v) is 8.96. The topological polar surface area (TPSA) is 61.4 Å². The molecule has 2 heterocycles. The van der Waals surface area contributed by atoms with E-state index in [0.29, 0.717) is 6.54 Å². The third kappa shape index (κ3) is 6.68. The number of thiophene rings is 1. The van der Waals surface area contributed by atoms with Gasteiger partial charge >= 0.3 is 0 Å². The number of piperidine rings is 1. The molecule has 0 aliphatic carbocycles. The second kappa shape index (κ2) is 10.6. The van der Waals surface area contributed by atoms with Gasteiger partial charge in [0.2, 0.25) is 11.8 Å². The number of carbonyl (C=O) groups is 2. The predicted octanol–water partition coefficient (Wildman–Crippen LogP) is 3.86. The van der Waals surface area contributed by atoms with Crippen LogP contribution in [0.1, 0.15) is 55.2 Å². The Hall–Kier alpha value is -2.18. The lowest BCUT2D eigenvalue weighted by Crippen LogP contribution is -2.33. The van der Waals surface area contributed by atoms with Crippen LogP contribution in [0, 0.1) is 5.92 Å². The molecule has 1 aromatic carbocycles. The van der Waals surface area contributed by atoms with Crippen molar-refractivity contribution in [2.75, 3.05) is 13.1 Å². The fourth-order valence-corrected chi connectivity index (χ4v) is 4.53. The highest BCUT2D eigenvalue weighted by atomic mass is 32.1. The fourth-order valence-electron chi connectivity index (χ4n) is 3.75. The van der Waals surface area contributed by atoms with Crippen molar-refractivity contribution in [1.29, 1.82) is 0 Å². The summed E-state index contributed by atoms with van der Waals surface area (Å²) >= 11 is 1.55. The van der Waals surface area contributed by atoms with Gasteiger partial charge < -0.3 is 10.6 Å². The number of hydrogen-bond donors (Lipinski definition) is 2. The van der Waals surface area contributed by atoms with Crippen molar-refractivity contribution in [2.45, 2.75) is 52.2 Å². The minimum Gasteiger partial charge on any atom is -0.352 e. The second-order valence-electron chi connectivity index (χ2n) is 7.98. The van der Waals surface area contributed by atoms with E-state index in [1.165, 1.54) is 25.3 Å². The van der Waals surface area contributed by atoms with Gasteiger partial charge in [0.05, 0.1) is 12.5 Å². The van der Waals surface area contributed by atoms with Gasteiger partial charge in [0.15, 0.2) is 0 Å². The summed E-state index contributed by atoms with van der Waals surface area (Å²) in [7, 11) is 0. The van der Waals surface area contributed by atoms with Gasteiger partial charge in [-0.05, 0) is 54.4 Å². The van der Waals surface area contributed by atoms with Crippen LogP contribution in [0.5, 0.6) is 0 Å². The summed E-state index contributed by atoms with van der Waals surface area (Å²) in [5.41, 5.74) is 2.44. The molecule has 1 unspecified atom stereocenters. The van der Waals surface area contributed by atoms with Crippen LogP contribution < -0.4 is 10.6 Å². The van der Waals surface area contributed by atoms with Crippen LogP contribution in [-0.2, 0) is 22.7 Å². The van der Waals surface area contributed by atoms with Gasteiger partial charge in [0.1, 0.15) is 0 Å². The largest absolute Gasteiger partial charge is 0.352 e. The van der Waals surface area contributed by atoms with Gasteiger partial charge in [-0.1, -0.05) is 37.3 Å². The Bertz CT molecular complexity index is 798. The third-order valence-electron chi connectivity index (χ3n) is 5.52. The molecule has 0 bridgehead atoms. The smallest absolute Gasteiger partial charge is 0.222 e. The summed E-state index contributed by atoms with van der Waals surface area (Å²) in [4.78, 5) is 27.6. The fraction of sp³-hybridized carbons (Fsp3) is 0.478. The molecule has 2 aromatic rings. The molecule has 156 valence electrons. The summed E-state index contributed by atoms with van der Waals surface area (Å²) in [6.07, 6.45) is 2.75. The molecule has 1 fully saturated rings. The van der Waals surface area contributed by atoms with Crippen molar-refractivity contribution in [2.24, 2.45) is 5.92 Å². The Morgan fingerprint density at radius 3 is 2.52 bits per heavy atom. The molecule has 1 aliphatic rings. The minimum atomic E-state index is -0.280. The van der Waals surface area contributed by atoms with Gasteiger partial charge in [-0.25, -0.2) is 0 Å². The minimum absolute atomic E-state index is 0.0567. The average Bonchev–Trinajstić information content (AvgIpc) is 3.23. The van der Waals surface area contributed by atoms with Gasteiger partial charge in [-0.3, -0.25) is 14.5 Å². The number of nitrogens with one attached hydrogen (secondary N) is 2. The molecule has 1 atom stereocenters. The first-order valence-corrected chi connectivity index (χ1v) is 11.3. The molecule has 1 aromatic heterocycles. The molecule has 1 saturated heterocycles. The highest BCUT2D eigenvalue weighted by Crippen LogP contribution is 2.22. The zero-order chi connectivity index (χ0) is 20.6. The van der Waals surface area contributed by atoms with E-state index in [1.807, 2.05) is 23.6 Å². The Morgan fingerprint density at radius 1 is 1.14 bits per heavy atom. The van der Waals surface area contributed by atoms with E-state index in [4.69, 9.17) is 0 Å². The van der Waals surface area contributed by atoms with Crippen LogP contribution in [0.25, 0.3) is 0 Å². The van der Waals surface area contributed by atoms with Gasteiger partial charge in [-0.2, -0.15) is 0 Å². The molecule has 5 nitrogen and oxygen atoms in total. The summed E-state index contributed by atoms with van der Waals surface area (Å²) in [6, 6.07) is 11.9. The van der Waals surface area contributed by atoms with Gasteiger partial charge in [-0.15, -0.1) is 11.3 Å². The zero-order valence-corrected chi connectivity index (χ0v) is 18.1. The number of nitrogens with zero attached hydrogens (tertiary/aromatic N) is 1. The number of amides is 2. The SMILES string of the molecule is CC(=O)NC(CC(=O)NCc1ccccc1CN1CCC(C)CC1)c1cccs1. The lowest BCUT2D eigenvalue weighted by Gasteiger charge is -2.30. The zero-order valence-electron chi connectivity index (χ0n) is 17.3. The van der Waals surface area contributed by atoms with Crippen LogP contribution in [0.15, 0.2) is 41.8 Å². The Kier molecular flexibility index (Phi) is 7.83. The number of hydrogen-bond acceptors (Lipinski definition) is 4. The summed E-state index contributed by atoms with van der Waals surface area (Å²) in [5.74, 6) is 0.636. The lowest BCUT2D eigenvalue weighted by molar-refractivity contribution is -0.122. The van der Waals surface area contributed by atoms with E-state index in [2.05, 4.69) is 40.7 Å². The number of rotatable bonds is 8. The molecule has 2 N–H and O–H groups in total. The standard InChI is InChI=1S/C23H31N3O2S/c1-17-9-11-26(12-10-17)16-20-7-4-3-6-19(20)15-24-23(28)14-21(25-18(2)27)22-8-5-13-29-22/h3-8,13,17,21H,9-12,14-16H2,1-2H3,(H,24,28)(H,25,27). The summed E-state index contributed by atoms with van der Waals surface area (Å²) in [5, 5.41) is 7.89. The molecule has 0 spiro atoms. The summed E-state index contributed by atoms with van der Waals surface area (Å²) < 4.78 is 0. The highest BCUT2D eigenvalue weighted by molar-refractivity contribution is 7.10. The highest BCUT2D eigenvalue weighted by Gasteiger charge is 2.19. The average molecular weight is 414 g/mol. The molecule has 3 rings (SSSR count). The molecular weight excluding hydrogens is 382 g/mol. The van der Waals surface area contributed by atoms with Gasteiger partial charge in [0, 0.05) is 24.9 Å². The quantitative estimate of drug-likeness (QED) is 0.691. The molecule has 29 heavy (non-hydrogen) atoms. The summed E-state index contributed by atoms with van der Waals surface area (Å²) in [6.45, 7) is 7.53. The van der Waals surface area contributed by atoms with Crippen molar-refractivity contribution in [3.05, 3.63) is 57.8 Å². The maximum absolute atomic E-state index is 12.6. The van der Waals surface area contributed by atoms with Crippen LogP contribution in [0.4, 0.5) is 0 Å². The van der Waals surface area contributed by atoms with Crippen molar-refractivity contribution >= 4 is 23.2 Å². The first-order chi connectivity index (χ1) is 14.0. The number of likely N-dealkylation sites (tertiary alicyclic amines) is 1. The van der Waals surface area contributed by atoms with E-state index >= 15 is 0 Å². The first-order valence-electron chi connectivity index (χ1n) is 10.4. The number of carbonyl (C=O) groups excluding carboxylic acids is 2. The van der Waals surface area contributed by atoms with Crippen LogP contribution in [-0.4, -0.2) is 29.8 Å². The van der Waals surface area contributed by atoms with Crippen LogP contribution >= 0.6 is 11.3 Å². The monoisotopic (exact) mass is 413 g/mol. The molecular formula is C23H31N3O2S. The van der Waals surface area contributed by atoms with E-state index in [1.54, 1.807) is 11.3 Å². The van der Waals surface area contributed by atoms with Gasteiger partial charge in [0.25, 0.3) is 0 Å². The van der Waals surface area contributed by atoms with E-state index < -0.39 is 0 Å². The molecule has 1 aliphatic heterocycles. The van der Waals surface area contributed by atoms with E-state index in [-0.39, 0.29) is 24.3 Å². The third-order valence-corrected chi connectivity index (χ3v) is 6.50. The molecule has 6 heteroatoms. The van der Waals surface area contributed by atoms with Crippen LogP contribution in [0.2, 0.25) is 0 Å². The molecule has 0 radical (unpaired) electrons. The predicted molar refractivity (Wildman–Crippen MR) is 117 cm³/mol. The Morgan fingerprint density at radius 2 is 1.86 bits per heavy atom.